The second-order valence-corrected chi connectivity index (χ2v) is 10.6. The number of carbonyl (C=O) groups is 3. The molecule has 2 heterocycles. The van der Waals surface area contributed by atoms with Crippen molar-refractivity contribution in [2.75, 3.05) is 52.0 Å². The number of benzene rings is 2. The molecule has 0 aliphatic carbocycles. The van der Waals surface area contributed by atoms with Gasteiger partial charge in [0.2, 0.25) is 11.8 Å². The van der Waals surface area contributed by atoms with Crippen LogP contribution in [0.4, 0.5) is 5.69 Å². The van der Waals surface area contributed by atoms with Gasteiger partial charge in [0.05, 0.1) is 20.9 Å². The van der Waals surface area contributed by atoms with Crippen LogP contribution in [-0.4, -0.2) is 80.1 Å². The Kier molecular flexibility index (Phi) is 9.90. The largest absolute Gasteiger partial charge is 0.493 e. The molecular weight excluding hydrogens is 508 g/mol. The van der Waals surface area contributed by atoms with E-state index in [1.807, 2.05) is 53.4 Å². The van der Waals surface area contributed by atoms with Crippen molar-refractivity contribution < 1.29 is 23.9 Å². The molecule has 0 unspecified atom stereocenters. The molecule has 0 bridgehead atoms. The second kappa shape index (κ2) is 13.5. The van der Waals surface area contributed by atoms with Gasteiger partial charge < -0.3 is 29.5 Å². The molecule has 1 spiro atoms. The molecule has 1 N–H and O–H groups in total. The standard InChI is InChI=1S/C31H42N4O5/c1-4-5-7-12-29(37)33-19-16-31(17-20-33)30(38)34(23-35(31)25-10-8-6-9-11-25)22-28(36)32-18-15-24-13-14-26(39-2)27(21-24)40-3/h6,8-11,13-14,21H,4-5,7,12,15-20,22-23H2,1-3H3,(H,32,36). The number of piperidine rings is 1. The van der Waals surface area contributed by atoms with Crippen LogP contribution in [0.2, 0.25) is 0 Å². The van der Waals surface area contributed by atoms with Gasteiger partial charge in [0, 0.05) is 31.7 Å². The van der Waals surface area contributed by atoms with Crippen molar-refractivity contribution in [3.05, 3.63) is 54.1 Å². The molecule has 3 amide bonds. The third-order valence-corrected chi connectivity index (χ3v) is 8.04. The Hall–Kier alpha value is -3.75. The predicted octanol–water partition coefficient (Wildman–Crippen LogP) is 3.61. The molecule has 216 valence electrons. The Bertz CT molecular complexity index is 1160. The van der Waals surface area contributed by atoms with Gasteiger partial charge in [-0.25, -0.2) is 0 Å². The molecule has 0 radical (unpaired) electrons. The van der Waals surface area contributed by atoms with E-state index in [-0.39, 0.29) is 24.3 Å². The summed E-state index contributed by atoms with van der Waals surface area (Å²) < 4.78 is 10.7. The van der Waals surface area contributed by atoms with E-state index in [4.69, 9.17) is 9.47 Å². The minimum atomic E-state index is -0.749. The topological polar surface area (TPSA) is 91.4 Å². The number of nitrogens with zero attached hydrogens (tertiary/aromatic N) is 3. The molecule has 40 heavy (non-hydrogen) atoms. The van der Waals surface area contributed by atoms with Crippen LogP contribution in [0.3, 0.4) is 0 Å². The summed E-state index contributed by atoms with van der Waals surface area (Å²) in [6.07, 6.45) is 5.33. The highest BCUT2D eigenvalue weighted by molar-refractivity contribution is 5.96. The fourth-order valence-electron chi connectivity index (χ4n) is 5.74. The molecule has 9 heteroatoms. The van der Waals surface area contributed by atoms with Gasteiger partial charge in [0.1, 0.15) is 12.1 Å². The van der Waals surface area contributed by atoms with Crippen LogP contribution in [0, 0.1) is 0 Å². The molecule has 2 aliphatic heterocycles. The number of likely N-dealkylation sites (tertiary alicyclic amines) is 1. The molecule has 9 nitrogen and oxygen atoms in total. The second-order valence-electron chi connectivity index (χ2n) is 10.6. The lowest BCUT2D eigenvalue weighted by atomic mass is 9.85. The predicted molar refractivity (Wildman–Crippen MR) is 154 cm³/mol. The maximum Gasteiger partial charge on any atom is 0.250 e. The maximum absolute atomic E-state index is 13.9. The van der Waals surface area contributed by atoms with Gasteiger partial charge in [-0.05, 0) is 55.5 Å². The van der Waals surface area contributed by atoms with Crippen molar-refractivity contribution in [1.29, 1.82) is 0 Å². The zero-order chi connectivity index (χ0) is 28.5. The van der Waals surface area contributed by atoms with E-state index in [1.54, 1.807) is 19.1 Å². The number of anilines is 1. The molecule has 2 fully saturated rings. The van der Waals surface area contributed by atoms with Gasteiger partial charge in [-0.2, -0.15) is 0 Å². The van der Waals surface area contributed by atoms with Crippen LogP contribution >= 0.6 is 0 Å². The summed E-state index contributed by atoms with van der Waals surface area (Å²) in [5.74, 6) is 1.25. The summed E-state index contributed by atoms with van der Waals surface area (Å²) in [7, 11) is 3.19. The molecule has 0 aromatic heterocycles. The summed E-state index contributed by atoms with van der Waals surface area (Å²) in [5, 5.41) is 2.96. The van der Waals surface area contributed by atoms with E-state index in [1.165, 1.54) is 0 Å². The van der Waals surface area contributed by atoms with Gasteiger partial charge in [-0.3, -0.25) is 14.4 Å². The average Bonchev–Trinajstić information content (AvgIpc) is 3.24. The first-order valence-electron chi connectivity index (χ1n) is 14.3. The van der Waals surface area contributed by atoms with E-state index in [9.17, 15) is 14.4 Å². The molecule has 4 rings (SSSR count). The summed E-state index contributed by atoms with van der Waals surface area (Å²) in [6.45, 7) is 4.00. The fraction of sp³-hybridized carbons (Fsp3) is 0.516. The third-order valence-electron chi connectivity index (χ3n) is 8.04. The highest BCUT2D eigenvalue weighted by atomic mass is 16.5. The quantitative estimate of drug-likeness (QED) is 0.406. The summed E-state index contributed by atoms with van der Waals surface area (Å²) in [5.41, 5.74) is 1.22. The number of nitrogens with one attached hydrogen (secondary N) is 1. The third kappa shape index (κ3) is 6.51. The number of carbonyl (C=O) groups excluding carboxylic acids is 3. The van der Waals surface area contributed by atoms with Crippen molar-refractivity contribution in [1.82, 2.24) is 15.1 Å². The van der Waals surface area contributed by atoms with Gasteiger partial charge in [0.25, 0.3) is 5.91 Å². The number of rotatable bonds is 12. The van der Waals surface area contributed by atoms with Crippen LogP contribution in [-0.2, 0) is 20.8 Å². The zero-order valence-electron chi connectivity index (χ0n) is 24.0. The zero-order valence-corrected chi connectivity index (χ0v) is 24.0. The normalized spacial score (nSPS) is 16.4. The Morgan fingerprint density at radius 1 is 0.975 bits per heavy atom. The molecule has 2 aliphatic rings. The molecule has 0 saturated carbocycles. The van der Waals surface area contributed by atoms with Crippen LogP contribution in [0.5, 0.6) is 11.5 Å². The Balaban J connectivity index is 1.38. The first kappa shape index (κ1) is 29.2. The molecule has 2 aromatic carbocycles. The smallest absolute Gasteiger partial charge is 0.250 e. The summed E-state index contributed by atoms with van der Waals surface area (Å²) >= 11 is 0. The minimum absolute atomic E-state index is 0.00445. The van der Waals surface area contributed by atoms with E-state index in [0.29, 0.717) is 63.5 Å². The monoisotopic (exact) mass is 550 g/mol. The lowest BCUT2D eigenvalue weighted by Crippen LogP contribution is -2.57. The van der Waals surface area contributed by atoms with Crippen molar-refractivity contribution in [3.63, 3.8) is 0 Å². The van der Waals surface area contributed by atoms with Crippen LogP contribution < -0.4 is 19.7 Å². The number of ether oxygens (including phenoxy) is 2. The number of hydrogen-bond acceptors (Lipinski definition) is 6. The number of unbranched alkanes of at least 4 members (excludes halogenated alkanes) is 2. The SMILES string of the molecule is CCCCCC(=O)N1CCC2(CC1)C(=O)N(CC(=O)NCCc1ccc(OC)c(OC)c1)CN2c1ccccc1. The maximum atomic E-state index is 13.9. The number of methoxy groups -OCH3 is 2. The first-order chi connectivity index (χ1) is 19.4. The lowest BCUT2D eigenvalue weighted by Gasteiger charge is -2.43. The summed E-state index contributed by atoms with van der Waals surface area (Å²) in [6, 6.07) is 15.6. The first-order valence-corrected chi connectivity index (χ1v) is 14.3. The van der Waals surface area contributed by atoms with Crippen LogP contribution in [0.25, 0.3) is 0 Å². The fourth-order valence-corrected chi connectivity index (χ4v) is 5.74. The van der Waals surface area contributed by atoms with E-state index >= 15 is 0 Å². The summed E-state index contributed by atoms with van der Waals surface area (Å²) in [4.78, 5) is 45.2. The molecular formula is C31H42N4O5. The Labute approximate surface area is 237 Å². The number of para-hydroxylation sites is 1. The van der Waals surface area contributed by atoms with Gasteiger partial charge in [-0.15, -0.1) is 0 Å². The van der Waals surface area contributed by atoms with E-state index < -0.39 is 5.54 Å². The van der Waals surface area contributed by atoms with Crippen LogP contribution in [0.1, 0.15) is 51.0 Å². The number of amides is 3. The minimum Gasteiger partial charge on any atom is -0.493 e. The van der Waals surface area contributed by atoms with Crippen molar-refractivity contribution in [2.45, 2.75) is 57.4 Å². The molecule has 2 saturated heterocycles. The van der Waals surface area contributed by atoms with Crippen molar-refractivity contribution in [2.24, 2.45) is 0 Å². The molecule has 2 aromatic rings. The Morgan fingerprint density at radius 3 is 2.38 bits per heavy atom. The Morgan fingerprint density at radius 2 is 1.70 bits per heavy atom. The van der Waals surface area contributed by atoms with Gasteiger partial charge in [0.15, 0.2) is 11.5 Å². The highest BCUT2D eigenvalue weighted by Crippen LogP contribution is 2.39. The van der Waals surface area contributed by atoms with Crippen molar-refractivity contribution >= 4 is 23.4 Å². The van der Waals surface area contributed by atoms with Crippen molar-refractivity contribution in [3.8, 4) is 11.5 Å². The van der Waals surface area contributed by atoms with E-state index in [0.717, 1.165) is 30.5 Å². The lowest BCUT2D eigenvalue weighted by molar-refractivity contribution is -0.140. The van der Waals surface area contributed by atoms with Gasteiger partial charge in [-0.1, -0.05) is 44.0 Å². The molecule has 0 atom stereocenters. The highest BCUT2D eigenvalue weighted by Gasteiger charge is 2.54. The van der Waals surface area contributed by atoms with E-state index in [2.05, 4.69) is 17.1 Å². The average molecular weight is 551 g/mol. The van der Waals surface area contributed by atoms with Crippen LogP contribution in [0.15, 0.2) is 48.5 Å². The van der Waals surface area contributed by atoms with Gasteiger partial charge >= 0.3 is 0 Å². The number of hydrogen-bond donors (Lipinski definition) is 1.